The molecule has 0 heterocycles. The van der Waals surface area contributed by atoms with Crippen molar-refractivity contribution in [1.82, 2.24) is 0 Å². The van der Waals surface area contributed by atoms with E-state index in [0.29, 0.717) is 19.1 Å². The van der Waals surface area contributed by atoms with Crippen LogP contribution in [0, 0.1) is 5.92 Å². The van der Waals surface area contributed by atoms with Gasteiger partial charge in [0, 0.05) is 0 Å². The van der Waals surface area contributed by atoms with Gasteiger partial charge in [-0.3, -0.25) is 0 Å². The van der Waals surface area contributed by atoms with Crippen molar-refractivity contribution in [3.05, 3.63) is 35.9 Å². The maximum atomic E-state index is 5.03. The maximum absolute atomic E-state index is 5.03. The van der Waals surface area contributed by atoms with Gasteiger partial charge in [0.1, 0.15) is 6.61 Å². The summed E-state index contributed by atoms with van der Waals surface area (Å²) in [5.74, 6) is 0.510. The van der Waals surface area contributed by atoms with Crippen LogP contribution in [-0.2, 0) is 16.4 Å². The van der Waals surface area contributed by atoms with Crippen molar-refractivity contribution in [3.8, 4) is 0 Å². The standard InChI is InChI=1S/C11H16O2/c1-10(2)8-12-13-9-11-6-4-3-5-7-11/h3-7,10H,8-9H2,1-2H3. The van der Waals surface area contributed by atoms with Gasteiger partial charge >= 0.3 is 0 Å². The lowest BCUT2D eigenvalue weighted by Crippen LogP contribution is -2.02. The summed E-state index contributed by atoms with van der Waals surface area (Å²) in [5, 5.41) is 0. The van der Waals surface area contributed by atoms with E-state index in [1.165, 1.54) is 0 Å². The highest BCUT2D eigenvalue weighted by Gasteiger charge is 1.95. The summed E-state index contributed by atoms with van der Waals surface area (Å²) < 4.78 is 0. The number of rotatable bonds is 5. The minimum atomic E-state index is 0.510. The fraction of sp³-hybridized carbons (Fsp3) is 0.455. The molecule has 1 aromatic carbocycles. The molecule has 1 rings (SSSR count). The van der Waals surface area contributed by atoms with Crippen molar-refractivity contribution in [1.29, 1.82) is 0 Å². The Labute approximate surface area is 79.4 Å². The van der Waals surface area contributed by atoms with Crippen molar-refractivity contribution >= 4 is 0 Å². The summed E-state index contributed by atoms with van der Waals surface area (Å²) in [5.41, 5.74) is 1.13. The molecule has 0 spiro atoms. The Morgan fingerprint density at radius 1 is 1.08 bits per heavy atom. The molecule has 0 N–H and O–H groups in total. The third-order valence-corrected chi connectivity index (χ3v) is 1.55. The minimum absolute atomic E-state index is 0.510. The second kappa shape index (κ2) is 5.73. The quantitative estimate of drug-likeness (QED) is 0.394. The molecule has 2 heteroatoms. The van der Waals surface area contributed by atoms with Crippen LogP contribution in [0.3, 0.4) is 0 Å². The van der Waals surface area contributed by atoms with E-state index in [1.807, 2.05) is 30.3 Å². The van der Waals surface area contributed by atoms with E-state index in [-0.39, 0.29) is 0 Å². The molecule has 0 aromatic heterocycles. The first-order valence-electron chi connectivity index (χ1n) is 4.57. The second-order valence-corrected chi connectivity index (χ2v) is 3.43. The van der Waals surface area contributed by atoms with Crippen LogP contribution >= 0.6 is 0 Å². The van der Waals surface area contributed by atoms with E-state index in [9.17, 15) is 0 Å². The first-order valence-corrected chi connectivity index (χ1v) is 4.57. The molecule has 0 unspecified atom stereocenters. The molecule has 0 fully saturated rings. The van der Waals surface area contributed by atoms with E-state index >= 15 is 0 Å². The summed E-state index contributed by atoms with van der Waals surface area (Å²) in [6.45, 7) is 5.35. The molecule has 0 aliphatic carbocycles. The summed E-state index contributed by atoms with van der Waals surface area (Å²) in [4.78, 5) is 10.0. The molecule has 1 aromatic rings. The molecule has 0 atom stereocenters. The zero-order valence-corrected chi connectivity index (χ0v) is 8.19. The average Bonchev–Trinajstić information content (AvgIpc) is 2.14. The van der Waals surface area contributed by atoms with Crippen LogP contribution in [0.1, 0.15) is 19.4 Å². The highest BCUT2D eigenvalue weighted by molar-refractivity contribution is 5.13. The Balaban J connectivity index is 2.13. The Morgan fingerprint density at radius 2 is 1.77 bits per heavy atom. The summed E-state index contributed by atoms with van der Waals surface area (Å²) in [6, 6.07) is 9.98. The van der Waals surface area contributed by atoms with E-state index in [4.69, 9.17) is 9.78 Å². The number of hydrogen-bond acceptors (Lipinski definition) is 2. The van der Waals surface area contributed by atoms with Gasteiger partial charge in [-0.25, -0.2) is 9.78 Å². The zero-order chi connectivity index (χ0) is 9.52. The van der Waals surface area contributed by atoms with Crippen molar-refractivity contribution in [2.24, 2.45) is 5.92 Å². The molecule has 0 saturated heterocycles. The largest absolute Gasteiger partial charge is 0.236 e. The topological polar surface area (TPSA) is 18.5 Å². The predicted octanol–water partition coefficient (Wildman–Crippen LogP) is 2.79. The lowest BCUT2D eigenvalue weighted by Gasteiger charge is -2.05. The Bertz CT molecular complexity index is 219. The molecule has 0 saturated carbocycles. The summed E-state index contributed by atoms with van der Waals surface area (Å²) in [6.07, 6.45) is 0. The van der Waals surface area contributed by atoms with E-state index < -0.39 is 0 Å². The van der Waals surface area contributed by atoms with Crippen LogP contribution < -0.4 is 0 Å². The molecule has 13 heavy (non-hydrogen) atoms. The van der Waals surface area contributed by atoms with Gasteiger partial charge in [0.25, 0.3) is 0 Å². The SMILES string of the molecule is CC(C)COOCc1ccccc1. The van der Waals surface area contributed by atoms with Crippen LogP contribution in [0.2, 0.25) is 0 Å². The molecule has 0 aliphatic heterocycles. The molecule has 0 radical (unpaired) electrons. The van der Waals surface area contributed by atoms with Gasteiger partial charge in [0.15, 0.2) is 0 Å². The van der Waals surface area contributed by atoms with Crippen LogP contribution in [-0.4, -0.2) is 6.61 Å². The Morgan fingerprint density at radius 3 is 2.38 bits per heavy atom. The highest BCUT2D eigenvalue weighted by atomic mass is 17.2. The molecular formula is C11H16O2. The van der Waals surface area contributed by atoms with Crippen molar-refractivity contribution in [2.75, 3.05) is 6.61 Å². The third kappa shape index (κ3) is 4.65. The molecule has 2 nitrogen and oxygen atoms in total. The van der Waals surface area contributed by atoms with E-state index in [2.05, 4.69) is 13.8 Å². The lowest BCUT2D eigenvalue weighted by atomic mass is 10.2. The summed E-state index contributed by atoms with van der Waals surface area (Å²) >= 11 is 0. The van der Waals surface area contributed by atoms with Crippen LogP contribution in [0.25, 0.3) is 0 Å². The van der Waals surface area contributed by atoms with E-state index in [1.54, 1.807) is 0 Å². The van der Waals surface area contributed by atoms with Gasteiger partial charge in [0.2, 0.25) is 0 Å². The monoisotopic (exact) mass is 180 g/mol. The number of benzene rings is 1. The van der Waals surface area contributed by atoms with Crippen molar-refractivity contribution in [2.45, 2.75) is 20.5 Å². The first kappa shape index (κ1) is 10.2. The minimum Gasteiger partial charge on any atom is -0.236 e. The maximum Gasteiger partial charge on any atom is 0.107 e. The van der Waals surface area contributed by atoms with Gasteiger partial charge in [-0.15, -0.1) is 0 Å². The Kier molecular flexibility index (Phi) is 4.50. The summed E-state index contributed by atoms with van der Waals surface area (Å²) in [7, 11) is 0. The highest BCUT2D eigenvalue weighted by Crippen LogP contribution is 2.01. The lowest BCUT2D eigenvalue weighted by molar-refractivity contribution is -0.308. The smallest absolute Gasteiger partial charge is 0.107 e. The van der Waals surface area contributed by atoms with E-state index in [0.717, 1.165) is 5.56 Å². The van der Waals surface area contributed by atoms with Crippen molar-refractivity contribution in [3.63, 3.8) is 0 Å². The molecular weight excluding hydrogens is 164 g/mol. The normalized spacial score (nSPS) is 10.7. The molecule has 72 valence electrons. The molecule has 0 aliphatic rings. The first-order chi connectivity index (χ1) is 6.29. The van der Waals surface area contributed by atoms with Crippen LogP contribution in [0.5, 0.6) is 0 Å². The van der Waals surface area contributed by atoms with Gasteiger partial charge in [-0.2, -0.15) is 0 Å². The Hall–Kier alpha value is -0.860. The predicted molar refractivity (Wildman–Crippen MR) is 52.0 cm³/mol. The van der Waals surface area contributed by atoms with Gasteiger partial charge in [-0.1, -0.05) is 44.2 Å². The van der Waals surface area contributed by atoms with Gasteiger partial charge in [-0.05, 0) is 11.5 Å². The van der Waals surface area contributed by atoms with Gasteiger partial charge in [0.05, 0.1) is 6.61 Å². The second-order valence-electron chi connectivity index (χ2n) is 3.43. The van der Waals surface area contributed by atoms with Crippen molar-refractivity contribution < 1.29 is 9.78 Å². The fourth-order valence-corrected chi connectivity index (χ4v) is 0.868. The van der Waals surface area contributed by atoms with Crippen LogP contribution in [0.4, 0.5) is 0 Å². The third-order valence-electron chi connectivity index (χ3n) is 1.55. The zero-order valence-electron chi connectivity index (χ0n) is 8.19. The average molecular weight is 180 g/mol. The van der Waals surface area contributed by atoms with Gasteiger partial charge < -0.3 is 0 Å². The number of hydrogen-bond donors (Lipinski definition) is 0. The fourth-order valence-electron chi connectivity index (χ4n) is 0.868. The van der Waals surface area contributed by atoms with Crippen LogP contribution in [0.15, 0.2) is 30.3 Å². The molecule has 0 bridgehead atoms. The molecule has 0 amide bonds.